The van der Waals surface area contributed by atoms with Crippen LogP contribution in [-0.2, 0) is 16.5 Å². The Kier molecular flexibility index (Phi) is 5.68. The van der Waals surface area contributed by atoms with Crippen LogP contribution in [0.1, 0.15) is 20.8 Å². The van der Waals surface area contributed by atoms with Gasteiger partial charge in [0.1, 0.15) is 17.2 Å². The summed E-state index contributed by atoms with van der Waals surface area (Å²) in [7, 11) is 3.49. The molecule has 4 aromatic rings. The molecule has 3 aromatic heterocycles. The van der Waals surface area contributed by atoms with Crippen LogP contribution in [0.15, 0.2) is 42.6 Å². The number of rotatable bonds is 5. The van der Waals surface area contributed by atoms with Gasteiger partial charge in [-0.3, -0.25) is 4.68 Å². The number of aromatic nitrogens is 4. The molecular formula is C28H32N6O4. The summed E-state index contributed by atoms with van der Waals surface area (Å²) in [6.45, 7) is 9.02. The van der Waals surface area contributed by atoms with E-state index in [-0.39, 0.29) is 18.3 Å². The Morgan fingerprint density at radius 3 is 2.47 bits per heavy atom. The largest absolute Gasteiger partial charge is 0.467 e. The van der Waals surface area contributed by atoms with Crippen molar-refractivity contribution in [3.63, 3.8) is 0 Å². The molecule has 2 aliphatic heterocycles. The van der Waals surface area contributed by atoms with Crippen LogP contribution in [0.25, 0.3) is 33.2 Å². The first-order chi connectivity index (χ1) is 18.1. The molecular weight excluding hydrogens is 484 g/mol. The van der Waals surface area contributed by atoms with Gasteiger partial charge in [0, 0.05) is 69.0 Å². The van der Waals surface area contributed by atoms with E-state index in [2.05, 4.69) is 10.00 Å². The van der Waals surface area contributed by atoms with Crippen molar-refractivity contribution in [2.45, 2.75) is 26.4 Å². The first kappa shape index (κ1) is 24.4. The number of amides is 1. The molecule has 5 heterocycles. The number of nitrogens with zero attached hydrogens (tertiary/aromatic N) is 6. The molecule has 10 heteroatoms. The van der Waals surface area contributed by atoms with E-state index < -0.39 is 5.60 Å². The maximum absolute atomic E-state index is 12.3. The third kappa shape index (κ3) is 4.49. The minimum atomic E-state index is -0.474. The number of benzene rings is 1. The van der Waals surface area contributed by atoms with Gasteiger partial charge < -0.3 is 24.0 Å². The highest BCUT2D eigenvalue weighted by Crippen LogP contribution is 2.42. The Balaban J connectivity index is 1.18. The van der Waals surface area contributed by atoms with Crippen LogP contribution in [0.5, 0.6) is 5.75 Å². The van der Waals surface area contributed by atoms with Crippen molar-refractivity contribution in [3.05, 3.63) is 42.6 Å². The number of hydrogen-bond donors (Lipinski definition) is 0. The number of likely N-dealkylation sites (tertiary alicyclic amines) is 1. The van der Waals surface area contributed by atoms with Crippen LogP contribution in [-0.4, -0.2) is 76.4 Å². The van der Waals surface area contributed by atoms with Gasteiger partial charge in [-0.15, -0.1) is 0 Å². The standard InChI is InChI=1S/C28H32N6O4/c1-27(2,3)38-26(35)34-15-28(16-34)13-33(14-28)25-9-8-21-22(30-25)7-6-20(29-21)19-10-18-12-32(4)31-23(18)11-24(19)37-17-36-5/h6-12H,13-17H2,1-5H3. The third-order valence-corrected chi connectivity index (χ3v) is 6.94. The molecule has 198 valence electrons. The van der Waals surface area contributed by atoms with E-state index in [0.717, 1.165) is 65.2 Å². The van der Waals surface area contributed by atoms with Crippen LogP contribution in [0.3, 0.4) is 0 Å². The zero-order valence-electron chi connectivity index (χ0n) is 22.4. The number of pyridine rings is 2. The SMILES string of the molecule is COCOc1cc2nn(C)cc2cc1-c1ccc2nc(N3CC4(CN(C(=O)OC(C)(C)C)C4)C3)ccc2n1. The van der Waals surface area contributed by atoms with Gasteiger partial charge in [0.15, 0.2) is 6.79 Å². The Bertz CT molecular complexity index is 1530. The summed E-state index contributed by atoms with van der Waals surface area (Å²) in [5.74, 6) is 1.59. The van der Waals surface area contributed by atoms with E-state index in [9.17, 15) is 4.79 Å². The second-order valence-electron chi connectivity index (χ2n) is 11.4. The summed E-state index contributed by atoms with van der Waals surface area (Å²) in [5, 5.41) is 5.50. The molecule has 0 atom stereocenters. The van der Waals surface area contributed by atoms with Gasteiger partial charge in [0.05, 0.1) is 22.2 Å². The first-order valence-electron chi connectivity index (χ1n) is 12.7. The number of carbonyl (C=O) groups excluding carboxylic acids is 1. The summed E-state index contributed by atoms with van der Waals surface area (Å²) in [6, 6.07) is 12.0. The topological polar surface area (TPSA) is 94.8 Å². The lowest BCUT2D eigenvalue weighted by Gasteiger charge is -2.60. The van der Waals surface area contributed by atoms with Crippen molar-refractivity contribution < 1.29 is 19.0 Å². The normalized spacial score (nSPS) is 16.6. The predicted molar refractivity (Wildman–Crippen MR) is 144 cm³/mol. The summed E-state index contributed by atoms with van der Waals surface area (Å²) in [4.78, 5) is 26.1. The highest BCUT2D eigenvalue weighted by atomic mass is 16.7. The van der Waals surface area contributed by atoms with E-state index in [1.165, 1.54) is 0 Å². The first-order valence-corrected chi connectivity index (χ1v) is 12.7. The van der Waals surface area contributed by atoms with Crippen LogP contribution in [0.2, 0.25) is 0 Å². The molecule has 10 nitrogen and oxygen atoms in total. The molecule has 0 aliphatic carbocycles. The van der Waals surface area contributed by atoms with Gasteiger partial charge in [-0.25, -0.2) is 14.8 Å². The van der Waals surface area contributed by atoms with Gasteiger partial charge in [-0.05, 0) is 51.1 Å². The summed E-state index contributed by atoms with van der Waals surface area (Å²) in [6.07, 6.45) is 1.74. The van der Waals surface area contributed by atoms with Gasteiger partial charge in [0.25, 0.3) is 0 Å². The second kappa shape index (κ2) is 8.83. The maximum atomic E-state index is 12.3. The highest BCUT2D eigenvalue weighted by molar-refractivity contribution is 5.89. The Morgan fingerprint density at radius 2 is 1.74 bits per heavy atom. The van der Waals surface area contributed by atoms with Gasteiger partial charge in [-0.2, -0.15) is 5.10 Å². The van der Waals surface area contributed by atoms with Crippen LogP contribution >= 0.6 is 0 Å². The average molecular weight is 517 g/mol. The monoisotopic (exact) mass is 516 g/mol. The summed E-state index contributed by atoms with van der Waals surface area (Å²) < 4.78 is 18.3. The number of anilines is 1. The lowest BCUT2D eigenvalue weighted by molar-refractivity contribution is -0.0454. The molecule has 0 radical (unpaired) electrons. The number of carbonyl (C=O) groups is 1. The van der Waals surface area contributed by atoms with Crippen molar-refractivity contribution in [2.24, 2.45) is 12.5 Å². The molecule has 2 fully saturated rings. The predicted octanol–water partition coefficient (Wildman–Crippen LogP) is 4.22. The molecule has 0 saturated carbocycles. The van der Waals surface area contributed by atoms with Crippen molar-refractivity contribution in [1.82, 2.24) is 24.6 Å². The average Bonchev–Trinajstić information content (AvgIpc) is 3.17. The zero-order chi connectivity index (χ0) is 26.7. The fraction of sp³-hybridized carbons (Fsp3) is 0.429. The molecule has 1 spiro atoms. The minimum Gasteiger partial charge on any atom is -0.467 e. The van der Waals surface area contributed by atoms with Crippen molar-refractivity contribution >= 4 is 33.8 Å². The number of aryl methyl sites for hydroxylation is 1. The molecule has 0 bridgehead atoms. The fourth-order valence-corrected chi connectivity index (χ4v) is 5.29. The Hall–Kier alpha value is -3.92. The van der Waals surface area contributed by atoms with E-state index in [0.29, 0.717) is 5.75 Å². The molecule has 1 aromatic carbocycles. The molecule has 1 amide bonds. The lowest BCUT2D eigenvalue weighted by atomic mass is 9.73. The van der Waals surface area contributed by atoms with Gasteiger partial charge in [-0.1, -0.05) is 0 Å². The van der Waals surface area contributed by atoms with Crippen molar-refractivity contribution in [1.29, 1.82) is 0 Å². The zero-order valence-corrected chi connectivity index (χ0v) is 22.4. The van der Waals surface area contributed by atoms with Crippen LogP contribution in [0, 0.1) is 5.41 Å². The number of hydrogen-bond acceptors (Lipinski definition) is 8. The summed E-state index contributed by atoms with van der Waals surface area (Å²) in [5.41, 5.74) is 3.82. The van der Waals surface area contributed by atoms with Crippen molar-refractivity contribution in [2.75, 3.05) is 45.0 Å². The number of methoxy groups -OCH3 is 1. The number of ether oxygens (including phenoxy) is 3. The molecule has 6 rings (SSSR count). The molecule has 2 aliphatic rings. The van der Waals surface area contributed by atoms with Crippen LogP contribution in [0.4, 0.5) is 10.6 Å². The van der Waals surface area contributed by atoms with Crippen LogP contribution < -0.4 is 9.64 Å². The lowest BCUT2D eigenvalue weighted by Crippen LogP contribution is -2.73. The number of fused-ring (bicyclic) bond motifs is 2. The smallest absolute Gasteiger partial charge is 0.410 e. The Morgan fingerprint density at radius 1 is 1.00 bits per heavy atom. The van der Waals surface area contributed by atoms with E-state index in [1.54, 1.807) is 16.7 Å². The molecule has 0 N–H and O–H groups in total. The third-order valence-electron chi connectivity index (χ3n) is 6.94. The van der Waals surface area contributed by atoms with Crippen molar-refractivity contribution in [3.8, 4) is 17.0 Å². The maximum Gasteiger partial charge on any atom is 0.410 e. The Labute approximate surface area is 221 Å². The molecule has 0 unspecified atom stereocenters. The molecule has 2 saturated heterocycles. The quantitative estimate of drug-likeness (QED) is 0.364. The summed E-state index contributed by atoms with van der Waals surface area (Å²) >= 11 is 0. The van der Waals surface area contributed by atoms with E-state index in [4.69, 9.17) is 24.2 Å². The highest BCUT2D eigenvalue weighted by Gasteiger charge is 2.54. The van der Waals surface area contributed by atoms with Gasteiger partial charge >= 0.3 is 6.09 Å². The van der Waals surface area contributed by atoms with E-state index in [1.807, 2.05) is 70.4 Å². The van der Waals surface area contributed by atoms with Gasteiger partial charge in [0.2, 0.25) is 0 Å². The second-order valence-corrected chi connectivity index (χ2v) is 11.4. The van der Waals surface area contributed by atoms with E-state index >= 15 is 0 Å². The minimum absolute atomic E-state index is 0.136. The fourth-order valence-electron chi connectivity index (χ4n) is 5.29. The molecule has 38 heavy (non-hydrogen) atoms.